The number of anilines is 1. The van der Waals surface area contributed by atoms with Gasteiger partial charge in [-0.1, -0.05) is 6.07 Å². The molecule has 0 bridgehead atoms. The van der Waals surface area contributed by atoms with Gasteiger partial charge in [0.05, 0.1) is 18.4 Å². The predicted molar refractivity (Wildman–Crippen MR) is 66.6 cm³/mol. The Labute approximate surface area is 104 Å². The Morgan fingerprint density at radius 3 is 2.83 bits per heavy atom. The molecule has 2 aromatic rings. The molecular weight excluding hydrogens is 230 g/mol. The van der Waals surface area contributed by atoms with Crippen LogP contribution in [0.25, 0.3) is 0 Å². The van der Waals surface area contributed by atoms with E-state index in [0.29, 0.717) is 0 Å². The maximum Gasteiger partial charge on any atom is 0.272 e. The summed E-state index contributed by atoms with van der Waals surface area (Å²) in [6, 6.07) is 3.55. The lowest BCUT2D eigenvalue weighted by molar-refractivity contribution is 0.0934. The first-order valence-corrected chi connectivity index (χ1v) is 5.45. The first-order chi connectivity index (χ1) is 8.66. The Morgan fingerprint density at radius 1 is 1.33 bits per heavy atom. The standard InChI is InChI=1S/C12H13N5O/c1-8(9-3-2-4-14-5-9)16-12(18)10-6-15-7-11(13)17-10/h2-8H,1H3,(H2,13,17)(H,16,18). The van der Waals surface area contributed by atoms with Gasteiger partial charge in [0.15, 0.2) is 0 Å². The van der Waals surface area contributed by atoms with E-state index in [-0.39, 0.29) is 23.5 Å². The van der Waals surface area contributed by atoms with Crippen molar-refractivity contribution >= 4 is 11.7 Å². The van der Waals surface area contributed by atoms with Gasteiger partial charge in [0.25, 0.3) is 5.91 Å². The second kappa shape index (κ2) is 5.22. The number of nitrogens with one attached hydrogen (secondary N) is 1. The zero-order valence-corrected chi connectivity index (χ0v) is 9.87. The summed E-state index contributed by atoms with van der Waals surface area (Å²) in [7, 11) is 0. The van der Waals surface area contributed by atoms with Gasteiger partial charge in [-0.3, -0.25) is 14.8 Å². The summed E-state index contributed by atoms with van der Waals surface area (Å²) in [4.78, 5) is 23.6. The molecule has 1 atom stereocenters. The molecule has 0 aliphatic rings. The van der Waals surface area contributed by atoms with Crippen LogP contribution in [0.1, 0.15) is 29.0 Å². The molecule has 2 heterocycles. The lowest BCUT2D eigenvalue weighted by Gasteiger charge is -2.13. The van der Waals surface area contributed by atoms with Gasteiger partial charge in [-0.05, 0) is 18.6 Å². The van der Waals surface area contributed by atoms with E-state index in [0.717, 1.165) is 5.56 Å². The molecule has 92 valence electrons. The largest absolute Gasteiger partial charge is 0.382 e. The molecular formula is C12H13N5O. The van der Waals surface area contributed by atoms with Crippen molar-refractivity contribution in [3.63, 3.8) is 0 Å². The van der Waals surface area contributed by atoms with Gasteiger partial charge in [0.1, 0.15) is 11.5 Å². The molecule has 0 aliphatic carbocycles. The van der Waals surface area contributed by atoms with Crippen LogP contribution in [0, 0.1) is 0 Å². The van der Waals surface area contributed by atoms with Crippen molar-refractivity contribution in [3.8, 4) is 0 Å². The summed E-state index contributed by atoms with van der Waals surface area (Å²) in [6.45, 7) is 1.87. The monoisotopic (exact) mass is 243 g/mol. The molecule has 2 aromatic heterocycles. The first-order valence-electron chi connectivity index (χ1n) is 5.45. The number of hydrogen-bond donors (Lipinski definition) is 2. The quantitative estimate of drug-likeness (QED) is 0.836. The maximum atomic E-state index is 11.9. The van der Waals surface area contributed by atoms with Crippen LogP contribution in [-0.2, 0) is 0 Å². The van der Waals surface area contributed by atoms with E-state index in [1.807, 2.05) is 19.1 Å². The Balaban J connectivity index is 2.08. The fourth-order valence-electron chi connectivity index (χ4n) is 1.48. The van der Waals surface area contributed by atoms with Crippen LogP contribution in [0.4, 0.5) is 5.82 Å². The van der Waals surface area contributed by atoms with Crippen LogP contribution >= 0.6 is 0 Å². The number of hydrogen-bond acceptors (Lipinski definition) is 5. The molecule has 0 spiro atoms. The van der Waals surface area contributed by atoms with E-state index >= 15 is 0 Å². The van der Waals surface area contributed by atoms with E-state index in [2.05, 4.69) is 20.3 Å². The van der Waals surface area contributed by atoms with Crippen molar-refractivity contribution < 1.29 is 4.79 Å². The van der Waals surface area contributed by atoms with E-state index in [4.69, 9.17) is 5.73 Å². The number of amides is 1. The number of nitrogen functional groups attached to an aromatic ring is 1. The first kappa shape index (κ1) is 12.0. The number of carbonyl (C=O) groups is 1. The minimum atomic E-state index is -0.314. The van der Waals surface area contributed by atoms with Gasteiger partial charge in [-0.25, -0.2) is 4.98 Å². The molecule has 3 N–H and O–H groups in total. The highest BCUT2D eigenvalue weighted by Crippen LogP contribution is 2.10. The molecule has 1 unspecified atom stereocenters. The topological polar surface area (TPSA) is 93.8 Å². The Bertz CT molecular complexity index is 543. The minimum Gasteiger partial charge on any atom is -0.382 e. The van der Waals surface area contributed by atoms with Crippen molar-refractivity contribution in [3.05, 3.63) is 48.2 Å². The van der Waals surface area contributed by atoms with Gasteiger partial charge in [0, 0.05) is 12.4 Å². The molecule has 6 nitrogen and oxygen atoms in total. The molecule has 1 amide bonds. The van der Waals surface area contributed by atoms with Crippen molar-refractivity contribution in [1.29, 1.82) is 0 Å². The van der Waals surface area contributed by atoms with E-state index in [9.17, 15) is 4.79 Å². The van der Waals surface area contributed by atoms with Crippen molar-refractivity contribution in [1.82, 2.24) is 20.3 Å². The second-order valence-corrected chi connectivity index (χ2v) is 3.81. The highest BCUT2D eigenvalue weighted by Gasteiger charge is 2.13. The number of rotatable bonds is 3. The molecule has 2 rings (SSSR count). The third-order valence-electron chi connectivity index (χ3n) is 2.42. The summed E-state index contributed by atoms with van der Waals surface area (Å²) in [5.74, 6) is -0.0946. The van der Waals surface area contributed by atoms with Crippen molar-refractivity contribution in [2.24, 2.45) is 0 Å². The van der Waals surface area contributed by atoms with Crippen LogP contribution in [0.3, 0.4) is 0 Å². The van der Waals surface area contributed by atoms with E-state index in [1.165, 1.54) is 12.4 Å². The molecule has 6 heteroatoms. The van der Waals surface area contributed by atoms with Gasteiger partial charge in [-0.15, -0.1) is 0 Å². The molecule has 0 saturated heterocycles. The molecule has 0 fully saturated rings. The molecule has 0 saturated carbocycles. The number of nitrogens with two attached hydrogens (primary N) is 1. The third kappa shape index (κ3) is 2.79. The second-order valence-electron chi connectivity index (χ2n) is 3.81. The van der Waals surface area contributed by atoms with E-state index in [1.54, 1.807) is 12.4 Å². The lowest BCUT2D eigenvalue weighted by Crippen LogP contribution is -2.27. The number of nitrogens with zero attached hydrogens (tertiary/aromatic N) is 3. The van der Waals surface area contributed by atoms with Crippen LogP contribution in [0.5, 0.6) is 0 Å². The Morgan fingerprint density at radius 2 is 2.17 bits per heavy atom. The molecule has 0 aliphatic heterocycles. The van der Waals surface area contributed by atoms with Gasteiger partial charge < -0.3 is 11.1 Å². The zero-order chi connectivity index (χ0) is 13.0. The lowest BCUT2D eigenvalue weighted by atomic mass is 10.1. The normalized spacial score (nSPS) is 11.8. The summed E-state index contributed by atoms with van der Waals surface area (Å²) < 4.78 is 0. The molecule has 18 heavy (non-hydrogen) atoms. The van der Waals surface area contributed by atoms with Crippen molar-refractivity contribution in [2.45, 2.75) is 13.0 Å². The summed E-state index contributed by atoms with van der Waals surface area (Å²) in [6.07, 6.45) is 6.15. The van der Waals surface area contributed by atoms with E-state index < -0.39 is 0 Å². The highest BCUT2D eigenvalue weighted by atomic mass is 16.1. The van der Waals surface area contributed by atoms with Crippen LogP contribution < -0.4 is 11.1 Å². The average Bonchev–Trinajstić information content (AvgIpc) is 2.39. The minimum absolute atomic E-state index is 0.158. The molecule has 0 aromatic carbocycles. The van der Waals surface area contributed by atoms with Gasteiger partial charge >= 0.3 is 0 Å². The smallest absolute Gasteiger partial charge is 0.272 e. The number of carbonyl (C=O) groups excluding carboxylic acids is 1. The fourth-order valence-corrected chi connectivity index (χ4v) is 1.48. The zero-order valence-electron chi connectivity index (χ0n) is 9.87. The summed E-state index contributed by atoms with van der Waals surface area (Å²) in [5, 5.41) is 2.80. The van der Waals surface area contributed by atoms with Crippen LogP contribution in [0.2, 0.25) is 0 Å². The summed E-state index contributed by atoms with van der Waals surface area (Å²) >= 11 is 0. The number of pyridine rings is 1. The van der Waals surface area contributed by atoms with Crippen molar-refractivity contribution in [2.75, 3.05) is 5.73 Å². The van der Waals surface area contributed by atoms with Crippen LogP contribution in [-0.4, -0.2) is 20.9 Å². The highest BCUT2D eigenvalue weighted by molar-refractivity contribution is 5.92. The Kier molecular flexibility index (Phi) is 3.47. The fraction of sp³-hybridized carbons (Fsp3) is 0.167. The van der Waals surface area contributed by atoms with Crippen LogP contribution in [0.15, 0.2) is 36.9 Å². The van der Waals surface area contributed by atoms with Gasteiger partial charge in [0.2, 0.25) is 0 Å². The maximum absolute atomic E-state index is 11.9. The SMILES string of the molecule is CC(NC(=O)c1cncc(N)n1)c1cccnc1. The predicted octanol–water partition coefficient (Wildman–Crippen LogP) is 0.945. The molecule has 0 radical (unpaired) electrons. The summed E-state index contributed by atoms with van der Waals surface area (Å²) in [5.41, 5.74) is 6.59. The number of aromatic nitrogens is 3. The van der Waals surface area contributed by atoms with Gasteiger partial charge in [-0.2, -0.15) is 0 Å². The third-order valence-corrected chi connectivity index (χ3v) is 2.42. The average molecular weight is 243 g/mol. The Hall–Kier alpha value is -2.50.